The van der Waals surface area contributed by atoms with Crippen molar-refractivity contribution in [1.29, 1.82) is 0 Å². The molecular formula is C18H22N2O5. The summed E-state index contributed by atoms with van der Waals surface area (Å²) in [5.41, 5.74) is 0.574. The summed E-state index contributed by atoms with van der Waals surface area (Å²) in [5, 5.41) is 2.91. The molecule has 0 radical (unpaired) electrons. The number of rotatable bonds is 5. The van der Waals surface area contributed by atoms with Crippen molar-refractivity contribution in [3.63, 3.8) is 0 Å². The van der Waals surface area contributed by atoms with Crippen LogP contribution in [-0.4, -0.2) is 38.8 Å². The molecule has 25 heavy (non-hydrogen) atoms. The van der Waals surface area contributed by atoms with Crippen LogP contribution in [0.15, 0.2) is 34.9 Å². The van der Waals surface area contributed by atoms with Crippen molar-refractivity contribution in [3.05, 3.63) is 36.3 Å². The molecule has 1 saturated heterocycles. The quantitative estimate of drug-likeness (QED) is 0.894. The molecule has 1 aliphatic rings. The molecule has 1 aromatic carbocycles. The second-order valence-electron chi connectivity index (χ2n) is 5.71. The van der Waals surface area contributed by atoms with Crippen LogP contribution < -0.4 is 19.5 Å². The van der Waals surface area contributed by atoms with Crippen LogP contribution in [0.5, 0.6) is 17.2 Å². The standard InChI is InChI=1S/C18H22N2O5/c1-22-15-10-12(11-16(23-2)17(15)24-3)19-18(21)20-8-4-6-13(20)14-7-5-9-25-14/h5,7,9-11,13H,4,6,8H2,1-3H3,(H,19,21)/t13-/m0/s1. The molecule has 1 N–H and O–H groups in total. The fourth-order valence-electron chi connectivity index (χ4n) is 3.13. The Morgan fingerprint density at radius 1 is 1.20 bits per heavy atom. The van der Waals surface area contributed by atoms with E-state index in [0.717, 1.165) is 18.6 Å². The highest BCUT2D eigenvalue weighted by Gasteiger charge is 2.32. The summed E-state index contributed by atoms with van der Waals surface area (Å²) < 4.78 is 21.4. The van der Waals surface area contributed by atoms with Gasteiger partial charge in [0.15, 0.2) is 11.5 Å². The van der Waals surface area contributed by atoms with Crippen molar-refractivity contribution in [2.24, 2.45) is 0 Å². The zero-order chi connectivity index (χ0) is 17.8. The fourth-order valence-corrected chi connectivity index (χ4v) is 3.13. The third-order valence-corrected chi connectivity index (χ3v) is 4.30. The van der Waals surface area contributed by atoms with Gasteiger partial charge in [-0.05, 0) is 25.0 Å². The molecule has 2 aromatic rings. The summed E-state index contributed by atoms with van der Waals surface area (Å²) in [7, 11) is 4.61. The van der Waals surface area contributed by atoms with E-state index in [1.165, 1.54) is 21.3 Å². The van der Waals surface area contributed by atoms with Crippen molar-refractivity contribution >= 4 is 11.7 Å². The molecule has 2 heterocycles. The predicted molar refractivity (Wildman–Crippen MR) is 92.5 cm³/mol. The van der Waals surface area contributed by atoms with Crippen molar-refractivity contribution in [3.8, 4) is 17.2 Å². The third-order valence-electron chi connectivity index (χ3n) is 4.30. The van der Waals surface area contributed by atoms with Crippen LogP contribution in [0.3, 0.4) is 0 Å². The van der Waals surface area contributed by atoms with Gasteiger partial charge in [-0.3, -0.25) is 0 Å². The van der Waals surface area contributed by atoms with Gasteiger partial charge in [0.25, 0.3) is 0 Å². The summed E-state index contributed by atoms with van der Waals surface area (Å²) in [6, 6.07) is 6.91. The Labute approximate surface area is 146 Å². The Morgan fingerprint density at radius 2 is 1.92 bits per heavy atom. The number of anilines is 1. The monoisotopic (exact) mass is 346 g/mol. The van der Waals surface area contributed by atoms with E-state index < -0.39 is 0 Å². The van der Waals surface area contributed by atoms with E-state index in [-0.39, 0.29) is 12.1 Å². The summed E-state index contributed by atoms with van der Waals surface area (Å²) in [4.78, 5) is 14.5. The number of carbonyl (C=O) groups excluding carboxylic acids is 1. The van der Waals surface area contributed by atoms with Gasteiger partial charge in [0, 0.05) is 18.7 Å². The zero-order valence-corrected chi connectivity index (χ0v) is 14.6. The van der Waals surface area contributed by atoms with Gasteiger partial charge in [0.05, 0.1) is 39.3 Å². The highest BCUT2D eigenvalue weighted by Crippen LogP contribution is 2.40. The van der Waals surface area contributed by atoms with E-state index in [4.69, 9.17) is 18.6 Å². The number of benzene rings is 1. The van der Waals surface area contributed by atoms with Crippen molar-refractivity contribution in [1.82, 2.24) is 4.90 Å². The van der Waals surface area contributed by atoms with Gasteiger partial charge in [-0.15, -0.1) is 0 Å². The minimum absolute atomic E-state index is 0.0444. The summed E-state index contributed by atoms with van der Waals surface area (Å²) in [6.45, 7) is 0.682. The number of likely N-dealkylation sites (tertiary alicyclic amines) is 1. The smallest absolute Gasteiger partial charge is 0.322 e. The molecular weight excluding hydrogens is 324 g/mol. The first-order valence-corrected chi connectivity index (χ1v) is 8.09. The van der Waals surface area contributed by atoms with Crippen LogP contribution in [0.4, 0.5) is 10.5 Å². The van der Waals surface area contributed by atoms with Crippen LogP contribution in [0, 0.1) is 0 Å². The number of hydrogen-bond acceptors (Lipinski definition) is 5. The molecule has 1 fully saturated rings. The molecule has 3 rings (SSSR count). The lowest BCUT2D eigenvalue weighted by Crippen LogP contribution is -2.34. The van der Waals surface area contributed by atoms with E-state index in [1.54, 1.807) is 23.3 Å². The number of ether oxygens (including phenoxy) is 3. The predicted octanol–water partition coefficient (Wildman–Crippen LogP) is 3.67. The second-order valence-corrected chi connectivity index (χ2v) is 5.71. The van der Waals surface area contributed by atoms with Gasteiger partial charge in [0.2, 0.25) is 5.75 Å². The van der Waals surface area contributed by atoms with Crippen LogP contribution in [0.1, 0.15) is 24.6 Å². The average Bonchev–Trinajstić information content (AvgIpc) is 3.31. The van der Waals surface area contributed by atoms with Gasteiger partial charge in [-0.1, -0.05) is 0 Å². The summed E-state index contributed by atoms with van der Waals surface area (Å²) in [5.74, 6) is 2.26. The zero-order valence-electron chi connectivity index (χ0n) is 14.6. The van der Waals surface area contributed by atoms with E-state index >= 15 is 0 Å². The molecule has 1 aliphatic heterocycles. The molecule has 7 heteroatoms. The first-order valence-electron chi connectivity index (χ1n) is 8.09. The van der Waals surface area contributed by atoms with Gasteiger partial charge in [-0.25, -0.2) is 4.79 Å². The van der Waals surface area contributed by atoms with E-state index in [9.17, 15) is 4.79 Å². The first kappa shape index (κ1) is 17.0. The van der Waals surface area contributed by atoms with Gasteiger partial charge < -0.3 is 28.8 Å². The Kier molecular flexibility index (Phi) is 5.02. The fraction of sp³-hybridized carbons (Fsp3) is 0.389. The lowest BCUT2D eigenvalue weighted by molar-refractivity contribution is 0.200. The number of urea groups is 1. The SMILES string of the molecule is COc1cc(NC(=O)N2CCC[C@H]2c2ccco2)cc(OC)c1OC. The highest BCUT2D eigenvalue weighted by atomic mass is 16.5. The largest absolute Gasteiger partial charge is 0.493 e. The molecule has 7 nitrogen and oxygen atoms in total. The number of carbonyl (C=O) groups is 1. The van der Waals surface area contributed by atoms with Crippen molar-refractivity contribution in [2.75, 3.05) is 33.2 Å². The summed E-state index contributed by atoms with van der Waals surface area (Å²) in [6.07, 6.45) is 3.45. The Balaban J connectivity index is 1.81. The van der Waals surface area contributed by atoms with Crippen molar-refractivity contribution < 1.29 is 23.4 Å². The Bertz CT molecular complexity index is 704. The minimum atomic E-state index is -0.187. The molecule has 1 atom stereocenters. The molecule has 134 valence electrons. The number of amides is 2. The normalized spacial score (nSPS) is 16.6. The van der Waals surface area contributed by atoms with E-state index in [0.29, 0.717) is 29.5 Å². The van der Waals surface area contributed by atoms with Crippen LogP contribution in [-0.2, 0) is 0 Å². The van der Waals surface area contributed by atoms with Crippen LogP contribution in [0.2, 0.25) is 0 Å². The van der Waals surface area contributed by atoms with E-state index in [2.05, 4.69) is 5.32 Å². The lowest BCUT2D eigenvalue weighted by atomic mass is 10.2. The third kappa shape index (κ3) is 3.35. The highest BCUT2D eigenvalue weighted by molar-refractivity contribution is 5.90. The van der Waals surface area contributed by atoms with Gasteiger partial charge >= 0.3 is 6.03 Å². The number of hydrogen-bond donors (Lipinski definition) is 1. The maximum absolute atomic E-state index is 12.7. The topological polar surface area (TPSA) is 73.2 Å². The average molecular weight is 346 g/mol. The summed E-state index contributed by atoms with van der Waals surface area (Å²) >= 11 is 0. The molecule has 0 aliphatic carbocycles. The minimum Gasteiger partial charge on any atom is -0.493 e. The van der Waals surface area contributed by atoms with E-state index in [1.807, 2.05) is 12.1 Å². The maximum atomic E-state index is 12.7. The van der Waals surface area contributed by atoms with Crippen molar-refractivity contribution in [2.45, 2.75) is 18.9 Å². The molecule has 1 aromatic heterocycles. The molecule has 0 saturated carbocycles. The molecule has 0 unspecified atom stereocenters. The van der Waals surface area contributed by atoms with Gasteiger partial charge in [0.1, 0.15) is 5.76 Å². The first-order chi connectivity index (χ1) is 12.2. The lowest BCUT2D eigenvalue weighted by Gasteiger charge is -2.24. The maximum Gasteiger partial charge on any atom is 0.322 e. The molecule has 0 spiro atoms. The van der Waals surface area contributed by atoms with Crippen LogP contribution in [0.25, 0.3) is 0 Å². The molecule has 2 amide bonds. The Hall–Kier alpha value is -2.83. The van der Waals surface area contributed by atoms with Crippen LogP contribution >= 0.6 is 0 Å². The number of furan rings is 1. The Morgan fingerprint density at radius 3 is 2.48 bits per heavy atom. The number of methoxy groups -OCH3 is 3. The van der Waals surface area contributed by atoms with Gasteiger partial charge in [-0.2, -0.15) is 0 Å². The number of nitrogens with one attached hydrogen (secondary N) is 1. The molecule has 0 bridgehead atoms. The number of nitrogens with zero attached hydrogens (tertiary/aromatic N) is 1. The second kappa shape index (κ2) is 7.38.